The van der Waals surface area contributed by atoms with Crippen LogP contribution in [0.5, 0.6) is 0 Å². The standard InChI is InChI=1S/C10H20O/c1-5-9(3,4)7-10(11)6-8(10)2/h8,11H,5-7H2,1-4H3. The van der Waals surface area contributed by atoms with Crippen LogP contribution in [0.4, 0.5) is 0 Å². The molecule has 0 saturated heterocycles. The van der Waals surface area contributed by atoms with Gasteiger partial charge in [-0.2, -0.15) is 0 Å². The van der Waals surface area contributed by atoms with E-state index in [-0.39, 0.29) is 5.60 Å². The second kappa shape index (κ2) is 2.48. The van der Waals surface area contributed by atoms with Crippen LogP contribution in [0.2, 0.25) is 0 Å². The fourth-order valence-electron chi connectivity index (χ4n) is 1.67. The Bertz CT molecular complexity index is 143. The van der Waals surface area contributed by atoms with Crippen molar-refractivity contribution in [2.45, 2.75) is 52.6 Å². The summed E-state index contributed by atoms with van der Waals surface area (Å²) in [5, 5.41) is 9.86. The molecule has 1 aliphatic carbocycles. The maximum Gasteiger partial charge on any atom is 0.0683 e. The second-order valence-electron chi connectivity index (χ2n) is 4.90. The summed E-state index contributed by atoms with van der Waals surface area (Å²) < 4.78 is 0. The van der Waals surface area contributed by atoms with Gasteiger partial charge in [-0.1, -0.05) is 34.1 Å². The molecule has 0 aromatic heterocycles. The van der Waals surface area contributed by atoms with Gasteiger partial charge in [-0.25, -0.2) is 0 Å². The molecule has 1 heteroatoms. The monoisotopic (exact) mass is 156 g/mol. The van der Waals surface area contributed by atoms with E-state index in [1.807, 2.05) is 0 Å². The second-order valence-corrected chi connectivity index (χ2v) is 4.90. The van der Waals surface area contributed by atoms with Gasteiger partial charge in [0.25, 0.3) is 0 Å². The molecule has 1 fully saturated rings. The zero-order valence-corrected chi connectivity index (χ0v) is 8.15. The first-order chi connectivity index (χ1) is 4.90. The molecule has 11 heavy (non-hydrogen) atoms. The fourth-order valence-corrected chi connectivity index (χ4v) is 1.67. The van der Waals surface area contributed by atoms with Gasteiger partial charge in [-0.05, 0) is 24.2 Å². The lowest BCUT2D eigenvalue weighted by atomic mass is 9.83. The molecule has 0 amide bonds. The lowest BCUT2D eigenvalue weighted by Gasteiger charge is -2.26. The van der Waals surface area contributed by atoms with Crippen molar-refractivity contribution in [1.29, 1.82) is 0 Å². The Labute approximate surface area is 69.8 Å². The third kappa shape index (κ3) is 1.96. The third-order valence-corrected chi connectivity index (χ3v) is 3.16. The van der Waals surface area contributed by atoms with Crippen LogP contribution in [0, 0.1) is 11.3 Å². The van der Waals surface area contributed by atoms with E-state index in [4.69, 9.17) is 0 Å². The molecule has 0 spiro atoms. The summed E-state index contributed by atoms with van der Waals surface area (Å²) >= 11 is 0. The Morgan fingerprint density at radius 3 is 2.27 bits per heavy atom. The normalized spacial score (nSPS) is 37.4. The van der Waals surface area contributed by atoms with E-state index in [2.05, 4.69) is 27.7 Å². The number of rotatable bonds is 3. The average Bonchev–Trinajstić information content (AvgIpc) is 2.39. The molecule has 1 nitrogen and oxygen atoms in total. The summed E-state index contributed by atoms with van der Waals surface area (Å²) in [6.45, 7) is 8.79. The number of aliphatic hydroxyl groups is 1. The zero-order valence-electron chi connectivity index (χ0n) is 8.15. The Morgan fingerprint density at radius 2 is 2.00 bits per heavy atom. The molecule has 0 aromatic rings. The highest BCUT2D eigenvalue weighted by Gasteiger charge is 2.51. The number of hydrogen-bond donors (Lipinski definition) is 1. The van der Waals surface area contributed by atoms with Crippen molar-refractivity contribution in [3.63, 3.8) is 0 Å². The first kappa shape index (κ1) is 9.05. The van der Waals surface area contributed by atoms with E-state index in [1.165, 1.54) is 0 Å². The quantitative estimate of drug-likeness (QED) is 0.666. The van der Waals surface area contributed by atoms with Gasteiger partial charge in [0, 0.05) is 0 Å². The van der Waals surface area contributed by atoms with Gasteiger partial charge < -0.3 is 5.11 Å². The van der Waals surface area contributed by atoms with E-state index in [0.717, 1.165) is 19.3 Å². The summed E-state index contributed by atoms with van der Waals surface area (Å²) in [7, 11) is 0. The van der Waals surface area contributed by atoms with Crippen LogP contribution in [0.15, 0.2) is 0 Å². The van der Waals surface area contributed by atoms with E-state index >= 15 is 0 Å². The highest BCUT2D eigenvalue weighted by Crippen LogP contribution is 2.50. The first-order valence-electron chi connectivity index (χ1n) is 4.62. The minimum atomic E-state index is -0.306. The van der Waals surface area contributed by atoms with Crippen molar-refractivity contribution < 1.29 is 5.11 Å². The Balaban J connectivity index is 2.43. The van der Waals surface area contributed by atoms with Crippen LogP contribution in [0.25, 0.3) is 0 Å². The molecule has 0 heterocycles. The Morgan fingerprint density at radius 1 is 1.55 bits per heavy atom. The van der Waals surface area contributed by atoms with E-state index in [0.29, 0.717) is 11.3 Å². The predicted molar refractivity (Wildman–Crippen MR) is 47.4 cm³/mol. The van der Waals surface area contributed by atoms with Gasteiger partial charge in [0.1, 0.15) is 0 Å². The summed E-state index contributed by atoms with van der Waals surface area (Å²) in [4.78, 5) is 0. The van der Waals surface area contributed by atoms with Crippen molar-refractivity contribution in [2.75, 3.05) is 0 Å². The SMILES string of the molecule is CCC(C)(C)CC1(O)CC1C. The van der Waals surface area contributed by atoms with Crippen LogP contribution in [-0.4, -0.2) is 10.7 Å². The summed E-state index contributed by atoms with van der Waals surface area (Å²) in [6.07, 6.45) is 3.14. The topological polar surface area (TPSA) is 20.2 Å². The molecule has 66 valence electrons. The maximum absolute atomic E-state index is 9.86. The van der Waals surface area contributed by atoms with Gasteiger partial charge in [0.15, 0.2) is 0 Å². The molecule has 1 aliphatic rings. The number of hydrogen-bond acceptors (Lipinski definition) is 1. The van der Waals surface area contributed by atoms with Crippen LogP contribution >= 0.6 is 0 Å². The summed E-state index contributed by atoms with van der Waals surface area (Å²) in [5.74, 6) is 0.535. The molecular weight excluding hydrogens is 136 g/mol. The molecule has 1 N–H and O–H groups in total. The molecule has 1 rings (SSSR count). The van der Waals surface area contributed by atoms with Gasteiger partial charge in [0.2, 0.25) is 0 Å². The maximum atomic E-state index is 9.86. The molecule has 2 atom stereocenters. The average molecular weight is 156 g/mol. The molecule has 2 unspecified atom stereocenters. The highest BCUT2D eigenvalue weighted by molar-refractivity contribution is 5.03. The Kier molecular flexibility index (Phi) is 2.04. The van der Waals surface area contributed by atoms with E-state index < -0.39 is 0 Å². The van der Waals surface area contributed by atoms with Crippen LogP contribution in [-0.2, 0) is 0 Å². The van der Waals surface area contributed by atoms with Crippen LogP contribution < -0.4 is 0 Å². The lowest BCUT2D eigenvalue weighted by molar-refractivity contribution is 0.0765. The minimum absolute atomic E-state index is 0.306. The summed E-state index contributed by atoms with van der Waals surface area (Å²) in [6, 6.07) is 0. The smallest absolute Gasteiger partial charge is 0.0683 e. The first-order valence-corrected chi connectivity index (χ1v) is 4.62. The van der Waals surface area contributed by atoms with Crippen molar-refractivity contribution in [1.82, 2.24) is 0 Å². The van der Waals surface area contributed by atoms with Gasteiger partial charge >= 0.3 is 0 Å². The van der Waals surface area contributed by atoms with E-state index in [9.17, 15) is 5.11 Å². The molecule has 0 bridgehead atoms. The molecule has 0 aliphatic heterocycles. The fraction of sp³-hybridized carbons (Fsp3) is 1.00. The predicted octanol–water partition coefficient (Wildman–Crippen LogP) is 2.58. The zero-order chi connectivity index (χ0) is 8.70. The van der Waals surface area contributed by atoms with E-state index in [1.54, 1.807) is 0 Å². The molecular formula is C10H20O. The van der Waals surface area contributed by atoms with Crippen molar-refractivity contribution in [3.8, 4) is 0 Å². The highest BCUT2D eigenvalue weighted by atomic mass is 16.3. The lowest BCUT2D eigenvalue weighted by Crippen LogP contribution is -2.22. The molecule has 0 aromatic carbocycles. The van der Waals surface area contributed by atoms with Crippen molar-refractivity contribution in [2.24, 2.45) is 11.3 Å². The molecule has 1 saturated carbocycles. The van der Waals surface area contributed by atoms with Crippen LogP contribution in [0.3, 0.4) is 0 Å². The largest absolute Gasteiger partial charge is 0.390 e. The summed E-state index contributed by atoms with van der Waals surface area (Å²) in [5.41, 5.74) is 0.0129. The van der Waals surface area contributed by atoms with Crippen molar-refractivity contribution >= 4 is 0 Å². The minimum Gasteiger partial charge on any atom is -0.390 e. The van der Waals surface area contributed by atoms with Crippen LogP contribution in [0.1, 0.15) is 47.0 Å². The molecule has 0 radical (unpaired) electrons. The van der Waals surface area contributed by atoms with Gasteiger partial charge in [-0.15, -0.1) is 0 Å². The van der Waals surface area contributed by atoms with Gasteiger partial charge in [-0.3, -0.25) is 0 Å². The third-order valence-electron chi connectivity index (χ3n) is 3.16. The van der Waals surface area contributed by atoms with Gasteiger partial charge in [0.05, 0.1) is 5.60 Å². The Hall–Kier alpha value is -0.0400. The van der Waals surface area contributed by atoms with Crippen molar-refractivity contribution in [3.05, 3.63) is 0 Å².